The van der Waals surface area contributed by atoms with Gasteiger partial charge >= 0.3 is 12.1 Å². The third-order valence-corrected chi connectivity index (χ3v) is 3.04. The fourth-order valence-electron chi connectivity index (χ4n) is 1.38. The molecule has 1 N–H and O–H groups in total. The largest absolute Gasteiger partial charge is 0.477 e. The Bertz CT molecular complexity index is 602. The second kappa shape index (κ2) is 4.09. The summed E-state index contributed by atoms with van der Waals surface area (Å²) in [6, 6.07) is 0. The monoisotopic (exact) mass is 277 g/mol. The van der Waals surface area contributed by atoms with Gasteiger partial charge in [-0.05, 0) is 0 Å². The maximum atomic E-state index is 12.4. The fourth-order valence-corrected chi connectivity index (χ4v) is 2.21. The van der Waals surface area contributed by atoms with Crippen molar-refractivity contribution in [3.63, 3.8) is 0 Å². The van der Waals surface area contributed by atoms with Gasteiger partial charge in [0.15, 0.2) is 11.4 Å². The third kappa shape index (κ3) is 2.08. The molecule has 0 radical (unpaired) electrons. The van der Waals surface area contributed by atoms with E-state index in [1.165, 1.54) is 13.2 Å². The van der Waals surface area contributed by atoms with Gasteiger partial charge in [-0.2, -0.15) is 18.3 Å². The van der Waals surface area contributed by atoms with Crippen LogP contribution in [0.3, 0.4) is 0 Å². The van der Waals surface area contributed by atoms with E-state index in [0.717, 1.165) is 21.4 Å². The van der Waals surface area contributed by atoms with Crippen LogP contribution in [0.15, 0.2) is 11.6 Å². The molecular formula is C9H6F3N3O2S. The van der Waals surface area contributed by atoms with Crippen LogP contribution < -0.4 is 0 Å². The Morgan fingerprint density at radius 2 is 2.17 bits per heavy atom. The van der Waals surface area contributed by atoms with Crippen LogP contribution in [0.2, 0.25) is 0 Å². The molecule has 9 heteroatoms. The number of hydrogen-bond acceptors (Lipinski definition) is 4. The van der Waals surface area contributed by atoms with E-state index in [2.05, 4.69) is 10.1 Å². The maximum absolute atomic E-state index is 12.4. The van der Waals surface area contributed by atoms with Gasteiger partial charge in [-0.15, -0.1) is 11.3 Å². The molecule has 0 fully saturated rings. The number of thiazole rings is 1. The molecule has 0 saturated carbocycles. The second-order valence-electron chi connectivity index (χ2n) is 3.37. The lowest BCUT2D eigenvalue weighted by molar-refractivity contribution is -0.140. The number of carboxylic acids is 1. The van der Waals surface area contributed by atoms with E-state index in [4.69, 9.17) is 5.11 Å². The van der Waals surface area contributed by atoms with Crippen LogP contribution in [0, 0.1) is 0 Å². The summed E-state index contributed by atoms with van der Waals surface area (Å²) in [7, 11) is 1.39. The first-order valence-electron chi connectivity index (χ1n) is 4.59. The third-order valence-electron chi connectivity index (χ3n) is 2.17. The van der Waals surface area contributed by atoms with E-state index in [0.29, 0.717) is 0 Å². The van der Waals surface area contributed by atoms with Crippen LogP contribution in [0.25, 0.3) is 10.6 Å². The second-order valence-corrected chi connectivity index (χ2v) is 4.23. The molecule has 0 aliphatic heterocycles. The molecule has 2 rings (SSSR count). The molecule has 0 spiro atoms. The highest BCUT2D eigenvalue weighted by atomic mass is 32.1. The zero-order valence-corrected chi connectivity index (χ0v) is 9.71. The van der Waals surface area contributed by atoms with E-state index in [1.807, 2.05) is 0 Å². The van der Waals surface area contributed by atoms with E-state index >= 15 is 0 Å². The summed E-state index contributed by atoms with van der Waals surface area (Å²) in [6.45, 7) is 0. The standard InChI is InChI=1S/C9H6F3N3O2S/c1-15-6(8(16)17)4(2-13-15)7-14-5(3-18-7)9(10,11)12/h2-3H,1H3,(H,16,17). The molecule has 0 atom stereocenters. The van der Waals surface area contributed by atoms with Gasteiger partial charge in [-0.25, -0.2) is 9.78 Å². The molecule has 2 heterocycles. The average Bonchev–Trinajstić information content (AvgIpc) is 2.81. The Hall–Kier alpha value is -1.90. The van der Waals surface area contributed by atoms with Crippen molar-refractivity contribution in [3.8, 4) is 10.6 Å². The van der Waals surface area contributed by atoms with Crippen molar-refractivity contribution >= 4 is 17.3 Å². The summed E-state index contributed by atoms with van der Waals surface area (Å²) in [5.74, 6) is -1.27. The number of aromatic nitrogens is 3. The van der Waals surface area contributed by atoms with Crippen LogP contribution in [0.1, 0.15) is 16.2 Å². The Morgan fingerprint density at radius 3 is 2.67 bits per heavy atom. The molecule has 2 aromatic heterocycles. The minimum absolute atomic E-state index is 0.0205. The van der Waals surface area contributed by atoms with E-state index in [1.54, 1.807) is 0 Å². The highest BCUT2D eigenvalue weighted by molar-refractivity contribution is 7.13. The first-order chi connectivity index (χ1) is 8.30. The van der Waals surface area contributed by atoms with Gasteiger partial charge in [-0.1, -0.05) is 0 Å². The average molecular weight is 277 g/mol. The molecule has 0 aromatic carbocycles. The number of nitrogens with zero attached hydrogens (tertiary/aromatic N) is 3. The normalized spacial score (nSPS) is 11.8. The van der Waals surface area contributed by atoms with Crippen LogP contribution in [0.5, 0.6) is 0 Å². The van der Waals surface area contributed by atoms with E-state index in [9.17, 15) is 18.0 Å². The van der Waals surface area contributed by atoms with Crippen molar-refractivity contribution in [1.29, 1.82) is 0 Å². The number of halogens is 3. The maximum Gasteiger partial charge on any atom is 0.434 e. The van der Waals surface area contributed by atoms with Gasteiger partial charge in [-0.3, -0.25) is 4.68 Å². The topological polar surface area (TPSA) is 68.0 Å². The highest BCUT2D eigenvalue weighted by Crippen LogP contribution is 2.34. The number of hydrogen-bond donors (Lipinski definition) is 1. The van der Waals surface area contributed by atoms with Crippen molar-refractivity contribution in [3.05, 3.63) is 23.0 Å². The summed E-state index contributed by atoms with van der Waals surface area (Å²) in [6.07, 6.45) is -3.36. The predicted molar refractivity (Wildman–Crippen MR) is 56.3 cm³/mol. The number of aryl methyl sites for hydroxylation is 1. The quantitative estimate of drug-likeness (QED) is 0.914. The van der Waals surface area contributed by atoms with Crippen LogP contribution in [-0.2, 0) is 13.2 Å². The molecule has 0 bridgehead atoms. The van der Waals surface area contributed by atoms with Crippen molar-refractivity contribution in [2.75, 3.05) is 0 Å². The molecule has 2 aromatic rings. The van der Waals surface area contributed by atoms with Crippen LogP contribution in [0.4, 0.5) is 13.2 Å². The first kappa shape index (κ1) is 12.6. The van der Waals surface area contributed by atoms with Crippen LogP contribution in [-0.4, -0.2) is 25.8 Å². The Kier molecular flexibility index (Phi) is 2.85. The summed E-state index contributed by atoms with van der Waals surface area (Å²) < 4.78 is 38.2. The summed E-state index contributed by atoms with van der Waals surface area (Å²) in [5, 5.41) is 13.5. The number of carboxylic acid groups (broad SMARTS) is 1. The summed E-state index contributed by atoms with van der Waals surface area (Å²) >= 11 is 0.727. The van der Waals surface area contributed by atoms with Crippen LogP contribution >= 0.6 is 11.3 Å². The lowest BCUT2D eigenvalue weighted by atomic mass is 10.2. The number of alkyl halides is 3. The SMILES string of the molecule is Cn1ncc(-c2nc(C(F)(F)F)cs2)c1C(=O)O. The molecular weight excluding hydrogens is 271 g/mol. The number of rotatable bonds is 2. The smallest absolute Gasteiger partial charge is 0.434 e. The van der Waals surface area contributed by atoms with Gasteiger partial charge in [0.2, 0.25) is 0 Å². The Labute approximate surface area is 103 Å². The molecule has 0 amide bonds. The molecule has 0 unspecified atom stereocenters. The van der Waals surface area contributed by atoms with E-state index < -0.39 is 17.8 Å². The number of carbonyl (C=O) groups is 1. The number of aromatic carboxylic acids is 1. The van der Waals surface area contributed by atoms with E-state index in [-0.39, 0.29) is 16.3 Å². The predicted octanol–water partition coefficient (Wildman–Crippen LogP) is 2.26. The zero-order valence-electron chi connectivity index (χ0n) is 8.89. The Morgan fingerprint density at radius 1 is 1.50 bits per heavy atom. The van der Waals surface area contributed by atoms with Crippen molar-refractivity contribution in [2.45, 2.75) is 6.18 Å². The molecule has 0 aliphatic carbocycles. The van der Waals surface area contributed by atoms with Gasteiger partial charge < -0.3 is 5.11 Å². The molecule has 96 valence electrons. The summed E-state index contributed by atoms with van der Waals surface area (Å²) in [4.78, 5) is 14.4. The Balaban J connectivity index is 2.50. The minimum Gasteiger partial charge on any atom is -0.477 e. The zero-order chi connectivity index (χ0) is 13.5. The molecule has 18 heavy (non-hydrogen) atoms. The minimum atomic E-state index is -4.54. The van der Waals surface area contributed by atoms with Gasteiger partial charge in [0.05, 0.1) is 11.8 Å². The van der Waals surface area contributed by atoms with Gasteiger partial charge in [0, 0.05) is 12.4 Å². The van der Waals surface area contributed by atoms with Gasteiger partial charge in [0.1, 0.15) is 5.01 Å². The van der Waals surface area contributed by atoms with Crippen molar-refractivity contribution < 1.29 is 23.1 Å². The molecule has 0 aliphatic rings. The fraction of sp³-hybridized carbons (Fsp3) is 0.222. The molecule has 5 nitrogen and oxygen atoms in total. The lowest BCUT2D eigenvalue weighted by Crippen LogP contribution is -2.07. The summed E-state index contributed by atoms with van der Waals surface area (Å²) in [5.41, 5.74) is -1.16. The first-order valence-corrected chi connectivity index (χ1v) is 5.47. The van der Waals surface area contributed by atoms with Gasteiger partial charge in [0.25, 0.3) is 0 Å². The lowest BCUT2D eigenvalue weighted by Gasteiger charge is -2.00. The van der Waals surface area contributed by atoms with Crippen molar-refractivity contribution in [1.82, 2.24) is 14.8 Å². The highest BCUT2D eigenvalue weighted by Gasteiger charge is 2.34. The van der Waals surface area contributed by atoms with Crippen molar-refractivity contribution in [2.24, 2.45) is 7.05 Å². The molecule has 0 saturated heterocycles.